The van der Waals surface area contributed by atoms with Crippen molar-refractivity contribution in [2.45, 2.75) is 46.3 Å². The van der Waals surface area contributed by atoms with Crippen molar-refractivity contribution in [1.82, 2.24) is 4.57 Å². The minimum absolute atomic E-state index is 0.221. The number of hydrogen-bond donors (Lipinski definition) is 0. The molecule has 9 heteroatoms. The SMILES string of the molecule is CCOC(=O)C1=C(C)N=c2s/c(=C\c3ccc(OCc4ccccc4Cl)c(OC)c3)c(=O)n2[C@@H]1c1ccc(C(C)C)cc1. The smallest absolute Gasteiger partial charge is 0.338 e. The molecule has 0 amide bonds. The molecule has 1 atom stereocenters. The second-order valence-corrected chi connectivity index (χ2v) is 11.8. The summed E-state index contributed by atoms with van der Waals surface area (Å²) in [6, 6.07) is 20.3. The van der Waals surface area contributed by atoms with Gasteiger partial charge < -0.3 is 14.2 Å². The summed E-state index contributed by atoms with van der Waals surface area (Å²) in [6.45, 7) is 8.30. The Bertz CT molecular complexity index is 1870. The number of hydrogen-bond acceptors (Lipinski definition) is 7. The Kier molecular flexibility index (Phi) is 9.18. The Morgan fingerprint density at radius 1 is 1.09 bits per heavy atom. The highest BCUT2D eigenvalue weighted by molar-refractivity contribution is 7.07. The molecule has 0 saturated carbocycles. The van der Waals surface area contributed by atoms with Crippen molar-refractivity contribution in [3.8, 4) is 11.5 Å². The summed E-state index contributed by atoms with van der Waals surface area (Å²) in [5.74, 6) is 0.952. The van der Waals surface area contributed by atoms with Gasteiger partial charge >= 0.3 is 5.97 Å². The van der Waals surface area contributed by atoms with Gasteiger partial charge in [-0.1, -0.05) is 85.3 Å². The molecular weight excluding hydrogens is 584 g/mol. The number of carbonyl (C=O) groups is 1. The van der Waals surface area contributed by atoms with Crippen molar-refractivity contribution in [3.05, 3.63) is 125 Å². The van der Waals surface area contributed by atoms with E-state index in [9.17, 15) is 9.59 Å². The molecule has 0 N–H and O–H groups in total. The second kappa shape index (κ2) is 13.0. The zero-order valence-corrected chi connectivity index (χ0v) is 26.3. The van der Waals surface area contributed by atoms with Gasteiger partial charge in [-0.05, 0) is 60.7 Å². The molecule has 4 aromatic rings. The van der Waals surface area contributed by atoms with Crippen molar-refractivity contribution in [2.24, 2.45) is 4.99 Å². The van der Waals surface area contributed by atoms with E-state index in [0.717, 1.165) is 16.7 Å². The number of halogens is 1. The molecule has 0 saturated heterocycles. The Morgan fingerprint density at radius 2 is 1.84 bits per heavy atom. The lowest BCUT2D eigenvalue weighted by Gasteiger charge is -2.25. The van der Waals surface area contributed by atoms with Crippen molar-refractivity contribution in [1.29, 1.82) is 0 Å². The quantitative estimate of drug-likeness (QED) is 0.210. The molecule has 1 aliphatic rings. The standard InChI is InChI=1S/C34H33ClN2O5S/c1-6-41-33(39)30-21(4)36-34-37(31(30)24-14-12-23(13-15-24)20(2)3)32(38)29(43-34)18-22-11-16-27(28(17-22)40-5)42-19-25-9-7-8-10-26(25)35/h7-18,20,31H,6,19H2,1-5H3/b29-18-/t31-/m1/s1. The number of fused-ring (bicyclic) bond motifs is 1. The third-order valence-corrected chi connectivity index (χ3v) is 8.61. The van der Waals surface area contributed by atoms with E-state index in [-0.39, 0.29) is 18.8 Å². The summed E-state index contributed by atoms with van der Waals surface area (Å²) in [5, 5.41) is 0.629. The fourth-order valence-electron chi connectivity index (χ4n) is 4.99. The summed E-state index contributed by atoms with van der Waals surface area (Å²) >= 11 is 7.55. The van der Waals surface area contributed by atoms with E-state index >= 15 is 0 Å². The summed E-state index contributed by atoms with van der Waals surface area (Å²) in [5.41, 5.74) is 4.26. The monoisotopic (exact) mass is 616 g/mol. The molecule has 222 valence electrons. The van der Waals surface area contributed by atoms with Gasteiger partial charge in [-0.15, -0.1) is 0 Å². The molecule has 0 radical (unpaired) electrons. The highest BCUT2D eigenvalue weighted by atomic mass is 35.5. The number of nitrogens with zero attached hydrogens (tertiary/aromatic N) is 2. The summed E-state index contributed by atoms with van der Waals surface area (Å²) < 4.78 is 19.1. The molecule has 0 aliphatic carbocycles. The molecule has 0 bridgehead atoms. The van der Waals surface area contributed by atoms with Crippen LogP contribution in [0.25, 0.3) is 6.08 Å². The predicted octanol–water partition coefficient (Wildman–Crippen LogP) is 6.16. The van der Waals surface area contributed by atoms with Gasteiger partial charge in [0.25, 0.3) is 5.56 Å². The molecule has 1 aliphatic heterocycles. The van der Waals surface area contributed by atoms with E-state index in [1.165, 1.54) is 16.9 Å². The van der Waals surface area contributed by atoms with E-state index in [0.29, 0.717) is 43.0 Å². The maximum absolute atomic E-state index is 14.0. The minimum Gasteiger partial charge on any atom is -0.493 e. The van der Waals surface area contributed by atoms with Crippen LogP contribution in [0.2, 0.25) is 5.02 Å². The van der Waals surface area contributed by atoms with Gasteiger partial charge in [0.05, 0.1) is 35.6 Å². The van der Waals surface area contributed by atoms with Crippen molar-refractivity contribution < 1.29 is 19.0 Å². The number of aromatic nitrogens is 1. The lowest BCUT2D eigenvalue weighted by Crippen LogP contribution is -2.39. The third-order valence-electron chi connectivity index (χ3n) is 7.26. The summed E-state index contributed by atoms with van der Waals surface area (Å²) in [6.07, 6.45) is 1.80. The lowest BCUT2D eigenvalue weighted by molar-refractivity contribution is -0.139. The number of ether oxygens (including phenoxy) is 3. The average molecular weight is 617 g/mol. The van der Waals surface area contributed by atoms with Crippen LogP contribution in [-0.4, -0.2) is 24.3 Å². The Morgan fingerprint density at radius 3 is 2.51 bits per heavy atom. The van der Waals surface area contributed by atoms with Gasteiger partial charge in [-0.25, -0.2) is 9.79 Å². The van der Waals surface area contributed by atoms with Crippen molar-refractivity contribution >= 4 is 35.0 Å². The van der Waals surface area contributed by atoms with Crippen molar-refractivity contribution in [2.75, 3.05) is 13.7 Å². The fourth-order valence-corrected chi connectivity index (χ4v) is 6.22. The van der Waals surface area contributed by atoms with Gasteiger partial charge in [0.1, 0.15) is 6.61 Å². The summed E-state index contributed by atoms with van der Waals surface area (Å²) in [4.78, 5) is 32.3. The van der Waals surface area contributed by atoms with Crippen LogP contribution in [0.5, 0.6) is 11.5 Å². The molecular formula is C34H33ClN2O5S. The zero-order chi connectivity index (χ0) is 30.7. The number of benzene rings is 3. The van der Waals surface area contributed by atoms with E-state index < -0.39 is 12.0 Å². The molecule has 2 heterocycles. The van der Waals surface area contributed by atoms with Crippen LogP contribution in [0, 0.1) is 0 Å². The van der Waals surface area contributed by atoms with Gasteiger partial charge in [-0.3, -0.25) is 9.36 Å². The summed E-state index contributed by atoms with van der Waals surface area (Å²) in [7, 11) is 1.57. The van der Waals surface area contributed by atoms with Gasteiger partial charge in [0.15, 0.2) is 16.3 Å². The van der Waals surface area contributed by atoms with E-state index in [1.54, 1.807) is 37.7 Å². The zero-order valence-electron chi connectivity index (χ0n) is 24.7. The topological polar surface area (TPSA) is 79.1 Å². The first kappa shape index (κ1) is 30.3. The highest BCUT2D eigenvalue weighted by Gasteiger charge is 2.33. The first-order valence-electron chi connectivity index (χ1n) is 14.1. The first-order valence-corrected chi connectivity index (χ1v) is 15.2. The van der Waals surface area contributed by atoms with Crippen LogP contribution in [0.1, 0.15) is 61.9 Å². The molecule has 5 rings (SSSR count). The maximum atomic E-state index is 14.0. The van der Waals surface area contributed by atoms with Crippen LogP contribution in [-0.2, 0) is 16.1 Å². The molecule has 7 nitrogen and oxygen atoms in total. The Labute approximate surface area is 259 Å². The third kappa shape index (κ3) is 6.31. The largest absolute Gasteiger partial charge is 0.493 e. The predicted molar refractivity (Wildman–Crippen MR) is 170 cm³/mol. The molecule has 0 unspecified atom stereocenters. The minimum atomic E-state index is -0.659. The molecule has 0 spiro atoms. The number of carbonyl (C=O) groups excluding carboxylic acids is 1. The highest BCUT2D eigenvalue weighted by Crippen LogP contribution is 2.32. The molecule has 1 aromatic heterocycles. The Hall–Kier alpha value is -4.14. The van der Waals surface area contributed by atoms with Crippen LogP contribution >= 0.6 is 22.9 Å². The average Bonchev–Trinajstić information content (AvgIpc) is 3.30. The maximum Gasteiger partial charge on any atom is 0.338 e. The van der Waals surface area contributed by atoms with Gasteiger partial charge in [-0.2, -0.15) is 0 Å². The first-order chi connectivity index (χ1) is 20.7. The molecule has 0 fully saturated rings. The second-order valence-electron chi connectivity index (χ2n) is 10.4. The van der Waals surface area contributed by atoms with Crippen LogP contribution in [0.15, 0.2) is 87.8 Å². The van der Waals surface area contributed by atoms with E-state index in [4.69, 9.17) is 25.8 Å². The normalized spacial score (nSPS) is 14.9. The lowest BCUT2D eigenvalue weighted by atomic mass is 9.93. The number of allylic oxidation sites excluding steroid dienone is 1. The van der Waals surface area contributed by atoms with Gasteiger partial charge in [0.2, 0.25) is 0 Å². The van der Waals surface area contributed by atoms with Gasteiger partial charge in [0, 0.05) is 10.6 Å². The molecule has 43 heavy (non-hydrogen) atoms. The van der Waals surface area contributed by atoms with Crippen LogP contribution in [0.3, 0.4) is 0 Å². The van der Waals surface area contributed by atoms with E-state index in [1.807, 2.05) is 60.7 Å². The molecule has 3 aromatic carbocycles. The van der Waals surface area contributed by atoms with Crippen LogP contribution < -0.4 is 24.4 Å². The number of rotatable bonds is 9. The van der Waals surface area contributed by atoms with E-state index in [2.05, 4.69) is 18.8 Å². The number of methoxy groups -OCH3 is 1. The van der Waals surface area contributed by atoms with Crippen LogP contribution in [0.4, 0.5) is 0 Å². The fraction of sp³-hybridized carbons (Fsp3) is 0.265. The Balaban J connectivity index is 1.55. The number of thiazole rings is 1. The van der Waals surface area contributed by atoms with Crippen molar-refractivity contribution in [3.63, 3.8) is 0 Å². The number of esters is 1.